The Kier molecular flexibility index (Phi) is 3.08. The van der Waals surface area contributed by atoms with Gasteiger partial charge in [0.1, 0.15) is 5.78 Å². The molecule has 0 aromatic rings. The predicted octanol–water partition coefficient (Wildman–Crippen LogP) is 0.247. The van der Waals surface area contributed by atoms with Gasteiger partial charge in [0.25, 0.3) is 0 Å². The van der Waals surface area contributed by atoms with E-state index >= 15 is 0 Å². The van der Waals surface area contributed by atoms with Crippen molar-refractivity contribution in [3.8, 4) is 0 Å². The van der Waals surface area contributed by atoms with Crippen LogP contribution in [0.25, 0.3) is 0 Å². The van der Waals surface area contributed by atoms with Crippen LogP contribution >= 0.6 is 0 Å². The third-order valence-corrected chi connectivity index (χ3v) is 4.33. The maximum atomic E-state index is 11.4. The molecule has 1 unspecified atom stereocenters. The van der Waals surface area contributed by atoms with Gasteiger partial charge in [-0.15, -0.1) is 0 Å². The number of ketones is 1. The second kappa shape index (κ2) is 3.75. The van der Waals surface area contributed by atoms with Gasteiger partial charge < -0.3 is 0 Å². The van der Waals surface area contributed by atoms with Crippen LogP contribution in [0, 0.1) is 5.92 Å². The normalized spacial score (nSPS) is 24.9. The summed E-state index contributed by atoms with van der Waals surface area (Å²) in [6.07, 6.45) is 0.675. The molecule has 1 rings (SSSR count). The molecule has 1 saturated heterocycles. The molecule has 5 heteroatoms. The summed E-state index contributed by atoms with van der Waals surface area (Å²) >= 11 is 0. The first-order valence-electron chi connectivity index (χ1n) is 4.45. The zero-order chi connectivity index (χ0) is 10.1. The molecule has 1 fully saturated rings. The molecule has 0 radical (unpaired) electrons. The molecule has 13 heavy (non-hydrogen) atoms. The molecular weight excluding hydrogens is 190 g/mol. The number of hydrogen-bond acceptors (Lipinski definition) is 3. The summed E-state index contributed by atoms with van der Waals surface area (Å²) in [7, 11) is -3.08. The van der Waals surface area contributed by atoms with Crippen LogP contribution in [0.1, 0.15) is 20.3 Å². The second-order valence-corrected chi connectivity index (χ2v) is 5.61. The van der Waals surface area contributed by atoms with E-state index < -0.39 is 10.0 Å². The monoisotopic (exact) mass is 205 g/mol. The van der Waals surface area contributed by atoms with Gasteiger partial charge in [-0.05, 0) is 20.3 Å². The van der Waals surface area contributed by atoms with Gasteiger partial charge in [-0.2, -0.15) is 0 Å². The van der Waals surface area contributed by atoms with Crippen LogP contribution in [0.4, 0.5) is 0 Å². The molecule has 0 bridgehead atoms. The summed E-state index contributed by atoms with van der Waals surface area (Å²) in [5.41, 5.74) is 0. The predicted molar refractivity (Wildman–Crippen MR) is 49.8 cm³/mol. The van der Waals surface area contributed by atoms with E-state index in [4.69, 9.17) is 0 Å². The van der Waals surface area contributed by atoms with Gasteiger partial charge in [-0.25, -0.2) is 12.7 Å². The molecule has 1 aliphatic rings. The minimum absolute atomic E-state index is 0.0821. The minimum atomic E-state index is -3.08. The maximum Gasteiger partial charge on any atom is 0.213 e. The Labute approximate surface area is 79.0 Å². The molecular formula is C8H15NO3S. The topological polar surface area (TPSA) is 54.5 Å². The van der Waals surface area contributed by atoms with Gasteiger partial charge in [-0.1, -0.05) is 0 Å². The standard InChI is InChI=1S/C8H15NO3S/c1-3-13(11,12)9-5-4-8(6-9)7(2)10/h8H,3-6H2,1-2H3. The summed E-state index contributed by atoms with van der Waals surface area (Å²) in [4.78, 5) is 11.0. The minimum Gasteiger partial charge on any atom is -0.300 e. The molecule has 0 saturated carbocycles. The molecule has 0 aromatic heterocycles. The molecule has 1 heterocycles. The molecule has 0 amide bonds. The lowest BCUT2D eigenvalue weighted by molar-refractivity contribution is -0.120. The first kappa shape index (κ1) is 10.7. The lowest BCUT2D eigenvalue weighted by atomic mass is 10.1. The lowest BCUT2D eigenvalue weighted by Crippen LogP contribution is -2.30. The van der Waals surface area contributed by atoms with Crippen molar-refractivity contribution >= 4 is 15.8 Å². The van der Waals surface area contributed by atoms with Crippen molar-refractivity contribution in [3.63, 3.8) is 0 Å². The van der Waals surface area contributed by atoms with Gasteiger partial charge in [-0.3, -0.25) is 4.79 Å². The van der Waals surface area contributed by atoms with Gasteiger partial charge in [0.2, 0.25) is 10.0 Å². The van der Waals surface area contributed by atoms with Gasteiger partial charge >= 0.3 is 0 Å². The van der Waals surface area contributed by atoms with E-state index in [1.54, 1.807) is 6.92 Å². The van der Waals surface area contributed by atoms with Crippen molar-refractivity contribution in [1.82, 2.24) is 4.31 Å². The molecule has 1 atom stereocenters. The Hall–Kier alpha value is -0.420. The quantitative estimate of drug-likeness (QED) is 0.663. The van der Waals surface area contributed by atoms with Crippen molar-refractivity contribution in [1.29, 1.82) is 0 Å². The van der Waals surface area contributed by atoms with Crippen molar-refractivity contribution in [2.75, 3.05) is 18.8 Å². The number of rotatable bonds is 3. The number of sulfonamides is 1. The van der Waals surface area contributed by atoms with Crippen LogP contribution in [0.2, 0.25) is 0 Å². The summed E-state index contributed by atoms with van der Waals surface area (Å²) in [6, 6.07) is 0. The Morgan fingerprint density at radius 1 is 1.54 bits per heavy atom. The number of nitrogens with zero attached hydrogens (tertiary/aromatic N) is 1. The van der Waals surface area contributed by atoms with Crippen LogP contribution in [0.5, 0.6) is 0 Å². The van der Waals surface area contributed by atoms with Crippen molar-refractivity contribution < 1.29 is 13.2 Å². The summed E-state index contributed by atoms with van der Waals surface area (Å²) in [5.74, 6) is 0.132. The highest BCUT2D eigenvalue weighted by atomic mass is 32.2. The number of hydrogen-bond donors (Lipinski definition) is 0. The van der Waals surface area contributed by atoms with Gasteiger partial charge in [0, 0.05) is 19.0 Å². The summed E-state index contributed by atoms with van der Waals surface area (Å²) in [6.45, 7) is 4.02. The Bertz CT molecular complexity index is 297. The average molecular weight is 205 g/mol. The molecule has 1 aliphatic heterocycles. The van der Waals surface area contributed by atoms with E-state index in [-0.39, 0.29) is 17.5 Å². The van der Waals surface area contributed by atoms with E-state index in [1.807, 2.05) is 0 Å². The Morgan fingerprint density at radius 2 is 2.15 bits per heavy atom. The Morgan fingerprint density at radius 3 is 2.54 bits per heavy atom. The molecule has 0 spiro atoms. The maximum absolute atomic E-state index is 11.4. The van der Waals surface area contributed by atoms with Crippen LogP contribution in [-0.2, 0) is 14.8 Å². The smallest absolute Gasteiger partial charge is 0.213 e. The SMILES string of the molecule is CCS(=O)(=O)N1CCC(C(C)=O)C1. The molecule has 4 nitrogen and oxygen atoms in total. The number of Topliss-reactive ketones (excluding diaryl/α,β-unsaturated/α-hetero) is 1. The van der Waals surface area contributed by atoms with E-state index in [2.05, 4.69) is 0 Å². The van der Waals surface area contributed by atoms with Gasteiger partial charge in [0.05, 0.1) is 5.75 Å². The highest BCUT2D eigenvalue weighted by Gasteiger charge is 2.32. The van der Waals surface area contributed by atoms with Crippen molar-refractivity contribution in [2.45, 2.75) is 20.3 Å². The fraction of sp³-hybridized carbons (Fsp3) is 0.875. The van der Waals surface area contributed by atoms with Crippen LogP contribution in [-0.4, -0.2) is 37.3 Å². The first-order valence-corrected chi connectivity index (χ1v) is 6.06. The van der Waals surface area contributed by atoms with E-state index in [0.717, 1.165) is 0 Å². The first-order chi connectivity index (χ1) is 5.97. The molecule has 76 valence electrons. The van der Waals surface area contributed by atoms with E-state index in [9.17, 15) is 13.2 Å². The average Bonchev–Trinajstić information content (AvgIpc) is 2.52. The molecule has 0 N–H and O–H groups in total. The number of carbonyl (C=O) groups is 1. The van der Waals surface area contributed by atoms with Crippen LogP contribution in [0.15, 0.2) is 0 Å². The molecule has 0 aliphatic carbocycles. The highest BCUT2D eigenvalue weighted by Crippen LogP contribution is 2.19. The van der Waals surface area contributed by atoms with Gasteiger partial charge in [0.15, 0.2) is 0 Å². The van der Waals surface area contributed by atoms with Crippen LogP contribution in [0.3, 0.4) is 0 Å². The van der Waals surface area contributed by atoms with Crippen LogP contribution < -0.4 is 0 Å². The summed E-state index contributed by atoms with van der Waals surface area (Å²) < 4.78 is 24.2. The zero-order valence-electron chi connectivity index (χ0n) is 7.99. The lowest BCUT2D eigenvalue weighted by Gasteiger charge is -2.13. The van der Waals surface area contributed by atoms with E-state index in [0.29, 0.717) is 19.5 Å². The fourth-order valence-corrected chi connectivity index (χ4v) is 2.65. The largest absolute Gasteiger partial charge is 0.300 e. The van der Waals surface area contributed by atoms with Crippen molar-refractivity contribution in [3.05, 3.63) is 0 Å². The highest BCUT2D eigenvalue weighted by molar-refractivity contribution is 7.89. The summed E-state index contributed by atoms with van der Waals surface area (Å²) in [5, 5.41) is 0. The zero-order valence-corrected chi connectivity index (χ0v) is 8.80. The van der Waals surface area contributed by atoms with Crippen molar-refractivity contribution in [2.24, 2.45) is 5.92 Å². The third-order valence-electron chi connectivity index (χ3n) is 2.48. The second-order valence-electron chi connectivity index (χ2n) is 3.35. The Balaban J connectivity index is 2.65. The number of carbonyl (C=O) groups excluding carboxylic acids is 1. The third kappa shape index (κ3) is 2.28. The molecule has 0 aromatic carbocycles. The van der Waals surface area contributed by atoms with E-state index in [1.165, 1.54) is 11.2 Å². The fourth-order valence-electron chi connectivity index (χ4n) is 1.50.